The molecule has 2 fully saturated rings. The molecule has 2 heterocycles. The van der Waals surface area contributed by atoms with Crippen LogP contribution in [0.5, 0.6) is 0 Å². The molecule has 4 heteroatoms. The molecule has 3 atom stereocenters. The Hall–Kier alpha value is -1.39. The zero-order chi connectivity index (χ0) is 15.0. The molecule has 1 amide bonds. The Bertz CT molecular complexity index is 513. The van der Waals surface area contributed by atoms with Gasteiger partial charge in [-0.15, -0.1) is 0 Å². The highest BCUT2D eigenvalue weighted by molar-refractivity contribution is 5.85. The average molecular weight is 287 g/mol. The van der Waals surface area contributed by atoms with Crippen LogP contribution < -0.4 is 5.32 Å². The number of aryl methyl sites for hydroxylation is 1. The highest BCUT2D eigenvalue weighted by Gasteiger charge is 2.43. The molecule has 114 valence electrons. The highest BCUT2D eigenvalue weighted by atomic mass is 16.2. The van der Waals surface area contributed by atoms with Gasteiger partial charge in [0, 0.05) is 12.6 Å². The normalized spacial score (nSPS) is 30.3. The Labute approximate surface area is 127 Å². The van der Waals surface area contributed by atoms with Gasteiger partial charge in [-0.1, -0.05) is 36.8 Å². The first-order valence-corrected chi connectivity index (χ1v) is 7.93. The molecule has 3 rings (SSSR count). The maximum Gasteiger partial charge on any atom is 0.241 e. The molecule has 4 nitrogen and oxygen atoms in total. The van der Waals surface area contributed by atoms with E-state index >= 15 is 0 Å². The maximum absolute atomic E-state index is 12.7. The van der Waals surface area contributed by atoms with Crippen molar-refractivity contribution in [3.8, 4) is 0 Å². The largest absolute Gasteiger partial charge is 0.317 e. The third-order valence-corrected chi connectivity index (χ3v) is 4.75. The molecular weight excluding hydrogens is 262 g/mol. The number of amides is 1. The number of nitrogens with one attached hydrogen (secondary N) is 1. The van der Waals surface area contributed by atoms with E-state index in [4.69, 9.17) is 0 Å². The van der Waals surface area contributed by atoms with Gasteiger partial charge in [-0.2, -0.15) is 0 Å². The average Bonchev–Trinajstić information content (AvgIpc) is 3.03. The van der Waals surface area contributed by atoms with Gasteiger partial charge in [0.05, 0.1) is 6.04 Å². The van der Waals surface area contributed by atoms with Crippen molar-refractivity contribution in [2.75, 3.05) is 20.1 Å². The molecule has 0 radical (unpaired) electrons. The Morgan fingerprint density at radius 2 is 2.00 bits per heavy atom. The van der Waals surface area contributed by atoms with Gasteiger partial charge >= 0.3 is 0 Å². The summed E-state index contributed by atoms with van der Waals surface area (Å²) < 4.78 is 0. The second-order valence-corrected chi connectivity index (χ2v) is 6.39. The molecule has 3 unspecified atom stereocenters. The number of likely N-dealkylation sites (tertiary alicyclic amines) is 1. The quantitative estimate of drug-likeness (QED) is 0.922. The Balaban J connectivity index is 1.88. The number of hydrogen-bond acceptors (Lipinski definition) is 3. The van der Waals surface area contributed by atoms with E-state index in [1.165, 1.54) is 11.1 Å². The topological polar surface area (TPSA) is 35.6 Å². The van der Waals surface area contributed by atoms with Crippen molar-refractivity contribution in [1.82, 2.24) is 15.1 Å². The van der Waals surface area contributed by atoms with Gasteiger partial charge in [0.1, 0.15) is 6.17 Å². The van der Waals surface area contributed by atoms with Crippen LogP contribution in [0, 0.1) is 6.92 Å². The van der Waals surface area contributed by atoms with Crippen molar-refractivity contribution in [3.63, 3.8) is 0 Å². The molecule has 0 bridgehead atoms. The van der Waals surface area contributed by atoms with Gasteiger partial charge in [0.15, 0.2) is 0 Å². The SMILES string of the molecule is CCC1NC(c2ccc(C)cc2)N(C2CCN(C)C2)C1=O. The second-order valence-electron chi connectivity index (χ2n) is 6.39. The van der Waals surface area contributed by atoms with Gasteiger partial charge in [-0.25, -0.2) is 0 Å². The van der Waals surface area contributed by atoms with Crippen LogP contribution in [0.1, 0.15) is 37.1 Å². The van der Waals surface area contributed by atoms with Crippen LogP contribution in [-0.4, -0.2) is 47.9 Å². The maximum atomic E-state index is 12.7. The number of carbonyl (C=O) groups is 1. The van der Waals surface area contributed by atoms with Gasteiger partial charge in [-0.05, 0) is 38.9 Å². The Kier molecular flexibility index (Phi) is 4.00. The molecule has 0 aliphatic carbocycles. The number of rotatable bonds is 3. The lowest BCUT2D eigenvalue weighted by Crippen LogP contribution is -2.41. The van der Waals surface area contributed by atoms with Crippen LogP contribution in [0.15, 0.2) is 24.3 Å². The minimum atomic E-state index is -0.0396. The number of hydrogen-bond donors (Lipinski definition) is 1. The van der Waals surface area contributed by atoms with Crippen LogP contribution in [-0.2, 0) is 4.79 Å². The van der Waals surface area contributed by atoms with Crippen LogP contribution in [0.4, 0.5) is 0 Å². The van der Waals surface area contributed by atoms with Crippen LogP contribution in [0.2, 0.25) is 0 Å². The molecule has 21 heavy (non-hydrogen) atoms. The van der Waals surface area contributed by atoms with Gasteiger partial charge in [0.25, 0.3) is 0 Å². The van der Waals surface area contributed by atoms with E-state index in [1.54, 1.807) is 0 Å². The summed E-state index contributed by atoms with van der Waals surface area (Å²) in [6.45, 7) is 6.22. The Morgan fingerprint density at radius 1 is 1.29 bits per heavy atom. The van der Waals surface area contributed by atoms with Crippen molar-refractivity contribution < 1.29 is 4.79 Å². The summed E-state index contributed by atoms with van der Waals surface area (Å²) in [5.74, 6) is 0.267. The standard InChI is InChI=1S/C17H25N3O/c1-4-15-17(21)20(14-9-10-19(3)11-14)16(18-15)13-7-5-12(2)6-8-13/h5-8,14-16,18H,4,9-11H2,1-3H3. The molecule has 0 aromatic heterocycles. The third-order valence-electron chi connectivity index (χ3n) is 4.75. The summed E-state index contributed by atoms with van der Waals surface area (Å²) in [5, 5.41) is 3.53. The van der Waals surface area contributed by atoms with Crippen molar-refractivity contribution in [2.45, 2.75) is 44.9 Å². The van der Waals surface area contributed by atoms with Gasteiger partial charge in [-0.3, -0.25) is 10.1 Å². The lowest BCUT2D eigenvalue weighted by molar-refractivity contribution is -0.132. The van der Waals surface area contributed by atoms with E-state index in [1.807, 2.05) is 0 Å². The zero-order valence-electron chi connectivity index (χ0n) is 13.2. The summed E-state index contributed by atoms with van der Waals surface area (Å²) in [4.78, 5) is 17.1. The molecule has 2 aliphatic rings. The van der Waals surface area contributed by atoms with E-state index in [-0.39, 0.29) is 18.1 Å². The zero-order valence-corrected chi connectivity index (χ0v) is 13.2. The van der Waals surface area contributed by atoms with E-state index < -0.39 is 0 Å². The fraction of sp³-hybridized carbons (Fsp3) is 0.588. The minimum Gasteiger partial charge on any atom is -0.317 e. The molecule has 1 aromatic rings. The Morgan fingerprint density at radius 3 is 2.57 bits per heavy atom. The summed E-state index contributed by atoms with van der Waals surface area (Å²) >= 11 is 0. The van der Waals surface area contributed by atoms with Crippen LogP contribution in [0.25, 0.3) is 0 Å². The number of carbonyl (C=O) groups excluding carboxylic acids is 1. The van der Waals surface area contributed by atoms with E-state index in [0.717, 1.165) is 25.9 Å². The highest BCUT2D eigenvalue weighted by Crippen LogP contribution is 2.31. The van der Waals surface area contributed by atoms with Crippen LogP contribution in [0.3, 0.4) is 0 Å². The van der Waals surface area contributed by atoms with Crippen molar-refractivity contribution >= 4 is 5.91 Å². The summed E-state index contributed by atoms with van der Waals surface area (Å²) in [5.41, 5.74) is 2.45. The molecular formula is C17H25N3O. The lowest BCUT2D eigenvalue weighted by atomic mass is 10.1. The summed E-state index contributed by atoms with van der Waals surface area (Å²) in [6.07, 6.45) is 1.95. The number of nitrogens with zero attached hydrogens (tertiary/aromatic N) is 2. The van der Waals surface area contributed by atoms with Crippen molar-refractivity contribution in [2.24, 2.45) is 0 Å². The minimum absolute atomic E-state index is 0.0274. The first-order valence-electron chi connectivity index (χ1n) is 7.93. The number of benzene rings is 1. The second kappa shape index (κ2) is 5.78. The van der Waals surface area contributed by atoms with Gasteiger partial charge in [0.2, 0.25) is 5.91 Å². The van der Waals surface area contributed by atoms with Gasteiger partial charge < -0.3 is 9.80 Å². The molecule has 2 saturated heterocycles. The summed E-state index contributed by atoms with van der Waals surface area (Å²) in [6, 6.07) is 8.83. The first-order chi connectivity index (χ1) is 10.1. The van der Waals surface area contributed by atoms with Crippen molar-refractivity contribution in [3.05, 3.63) is 35.4 Å². The number of likely N-dealkylation sites (N-methyl/N-ethyl adjacent to an activating group) is 1. The third kappa shape index (κ3) is 2.70. The predicted molar refractivity (Wildman–Crippen MR) is 83.9 cm³/mol. The van der Waals surface area contributed by atoms with Crippen LogP contribution >= 0.6 is 0 Å². The summed E-state index contributed by atoms with van der Waals surface area (Å²) in [7, 11) is 2.13. The predicted octanol–water partition coefficient (Wildman–Crippen LogP) is 1.91. The molecule has 0 saturated carbocycles. The van der Waals surface area contributed by atoms with E-state index in [9.17, 15) is 4.79 Å². The fourth-order valence-electron chi connectivity index (χ4n) is 3.48. The van der Waals surface area contributed by atoms with E-state index in [2.05, 4.69) is 60.3 Å². The molecule has 2 aliphatic heterocycles. The van der Waals surface area contributed by atoms with E-state index in [0.29, 0.717) is 6.04 Å². The molecule has 1 N–H and O–H groups in total. The molecule has 0 spiro atoms. The van der Waals surface area contributed by atoms with Crippen molar-refractivity contribution in [1.29, 1.82) is 0 Å². The lowest BCUT2D eigenvalue weighted by Gasteiger charge is -2.30. The first kappa shape index (κ1) is 14.5. The smallest absolute Gasteiger partial charge is 0.241 e. The molecule has 1 aromatic carbocycles. The fourth-order valence-corrected chi connectivity index (χ4v) is 3.48. The monoisotopic (exact) mass is 287 g/mol.